The van der Waals surface area contributed by atoms with Crippen LogP contribution < -0.4 is 5.32 Å². The number of thiazole rings is 1. The lowest BCUT2D eigenvalue weighted by Gasteiger charge is -1.96. The molecule has 0 unspecified atom stereocenters. The van der Waals surface area contributed by atoms with E-state index in [0.29, 0.717) is 11.0 Å². The average molecular weight is 233 g/mol. The van der Waals surface area contributed by atoms with Gasteiger partial charge < -0.3 is 5.32 Å². The van der Waals surface area contributed by atoms with Crippen LogP contribution >= 0.6 is 34.3 Å². The highest BCUT2D eigenvalue weighted by atomic mass is 35.5. The van der Waals surface area contributed by atoms with Crippen LogP contribution in [0.1, 0.15) is 5.69 Å². The molecule has 2 aromatic rings. The molecule has 0 bridgehead atoms. The molecule has 0 radical (unpaired) electrons. The third-order valence-electron chi connectivity index (χ3n) is 1.30. The fourth-order valence-corrected chi connectivity index (χ4v) is 2.05. The van der Waals surface area contributed by atoms with Crippen LogP contribution in [0.3, 0.4) is 0 Å². The van der Waals surface area contributed by atoms with E-state index in [2.05, 4.69) is 20.5 Å². The van der Waals surface area contributed by atoms with Gasteiger partial charge in [0.15, 0.2) is 0 Å². The zero-order valence-corrected chi connectivity index (χ0v) is 8.79. The first-order valence-corrected chi connectivity index (χ1v) is 5.58. The zero-order valence-electron chi connectivity index (χ0n) is 6.40. The Labute approximate surface area is 87.6 Å². The number of nitrogens with one attached hydrogen (secondary N) is 1. The predicted molar refractivity (Wildman–Crippen MR) is 54.4 cm³/mol. The fourth-order valence-electron chi connectivity index (χ4n) is 0.768. The van der Waals surface area contributed by atoms with E-state index < -0.39 is 0 Å². The molecule has 0 amide bonds. The van der Waals surface area contributed by atoms with Crippen LogP contribution in [0.15, 0.2) is 10.9 Å². The molecule has 68 valence electrons. The van der Waals surface area contributed by atoms with Gasteiger partial charge in [0.05, 0.1) is 17.7 Å². The first-order valence-electron chi connectivity index (χ1n) is 3.44. The minimum atomic E-state index is 0.445. The lowest BCUT2D eigenvalue weighted by molar-refractivity contribution is 1.03. The molecule has 0 fully saturated rings. The summed E-state index contributed by atoms with van der Waals surface area (Å²) in [6.07, 6.45) is 0. The number of rotatable bonds is 3. The van der Waals surface area contributed by atoms with Gasteiger partial charge >= 0.3 is 0 Å². The zero-order chi connectivity index (χ0) is 9.10. The normalized spacial score (nSPS) is 10.2. The molecule has 0 aromatic carbocycles. The number of hydrogen-bond donors (Lipinski definition) is 1. The number of halogens is 1. The van der Waals surface area contributed by atoms with E-state index in [0.717, 1.165) is 10.8 Å². The Kier molecular flexibility index (Phi) is 2.72. The Balaban J connectivity index is 1.93. The van der Waals surface area contributed by atoms with Crippen molar-refractivity contribution in [3.63, 3.8) is 0 Å². The highest BCUT2D eigenvalue weighted by Crippen LogP contribution is 2.19. The smallest absolute Gasteiger partial charge is 0.208 e. The molecule has 2 aromatic heterocycles. The number of aromatic nitrogens is 3. The van der Waals surface area contributed by atoms with Gasteiger partial charge in [-0.2, -0.15) is 0 Å². The van der Waals surface area contributed by atoms with Crippen molar-refractivity contribution in [1.29, 1.82) is 0 Å². The van der Waals surface area contributed by atoms with Crippen molar-refractivity contribution in [2.75, 3.05) is 5.32 Å². The van der Waals surface area contributed by atoms with Gasteiger partial charge in [0.1, 0.15) is 0 Å². The van der Waals surface area contributed by atoms with Crippen molar-refractivity contribution in [2.45, 2.75) is 6.54 Å². The maximum Gasteiger partial charge on any atom is 0.208 e. The van der Waals surface area contributed by atoms with E-state index in [1.54, 1.807) is 16.8 Å². The van der Waals surface area contributed by atoms with Crippen LogP contribution in [0.2, 0.25) is 4.47 Å². The summed E-state index contributed by atoms with van der Waals surface area (Å²) in [5.74, 6) is 0. The third-order valence-corrected chi connectivity index (χ3v) is 2.92. The quantitative estimate of drug-likeness (QED) is 0.882. The molecule has 0 atom stereocenters. The molecule has 0 aliphatic carbocycles. The van der Waals surface area contributed by atoms with Crippen LogP contribution in [0, 0.1) is 0 Å². The second-order valence-electron chi connectivity index (χ2n) is 2.19. The van der Waals surface area contributed by atoms with Crippen molar-refractivity contribution in [2.24, 2.45) is 0 Å². The molecule has 0 aliphatic heterocycles. The molecular formula is C6H5ClN4S2. The van der Waals surface area contributed by atoms with Gasteiger partial charge in [0.2, 0.25) is 9.60 Å². The van der Waals surface area contributed by atoms with Crippen molar-refractivity contribution in [3.05, 3.63) is 21.1 Å². The molecule has 2 rings (SSSR count). The lowest BCUT2D eigenvalue weighted by atomic mass is 10.5. The van der Waals surface area contributed by atoms with Gasteiger partial charge in [0, 0.05) is 5.38 Å². The fraction of sp³-hybridized carbons (Fsp3) is 0.167. The van der Waals surface area contributed by atoms with Crippen LogP contribution in [-0.2, 0) is 6.54 Å². The summed E-state index contributed by atoms with van der Waals surface area (Å²) in [7, 11) is 0. The molecule has 2 heterocycles. The summed E-state index contributed by atoms with van der Waals surface area (Å²) in [6.45, 7) is 0.662. The Morgan fingerprint density at radius 2 is 2.38 bits per heavy atom. The van der Waals surface area contributed by atoms with Gasteiger partial charge in [-0.05, 0) is 11.6 Å². The highest BCUT2D eigenvalue weighted by molar-refractivity contribution is 7.19. The summed E-state index contributed by atoms with van der Waals surface area (Å²) in [4.78, 5) is 4.12. The summed E-state index contributed by atoms with van der Waals surface area (Å²) in [6, 6.07) is 0. The van der Waals surface area contributed by atoms with Crippen LogP contribution in [0.4, 0.5) is 5.13 Å². The van der Waals surface area contributed by atoms with E-state index in [1.807, 2.05) is 5.38 Å². The molecule has 0 aliphatic rings. The predicted octanol–water partition coefficient (Wildman–Crippen LogP) is 2.26. The van der Waals surface area contributed by atoms with Gasteiger partial charge in [-0.25, -0.2) is 4.98 Å². The molecule has 13 heavy (non-hydrogen) atoms. The number of anilines is 1. The topological polar surface area (TPSA) is 50.7 Å². The van der Waals surface area contributed by atoms with E-state index in [1.165, 1.54) is 11.3 Å². The van der Waals surface area contributed by atoms with Crippen molar-refractivity contribution in [3.8, 4) is 0 Å². The van der Waals surface area contributed by atoms with Crippen LogP contribution in [0.25, 0.3) is 0 Å². The Hall–Kier alpha value is -0.720. The SMILES string of the molecule is Clc1nnc(NCc2cscn2)s1. The Bertz CT molecular complexity index is 372. The largest absolute Gasteiger partial charge is 0.354 e. The Morgan fingerprint density at radius 1 is 1.46 bits per heavy atom. The summed E-state index contributed by atoms with van der Waals surface area (Å²) < 4.78 is 0.445. The van der Waals surface area contributed by atoms with Gasteiger partial charge in [0.25, 0.3) is 0 Å². The van der Waals surface area contributed by atoms with Gasteiger partial charge in [-0.3, -0.25) is 0 Å². The van der Waals surface area contributed by atoms with Crippen LogP contribution in [-0.4, -0.2) is 15.2 Å². The van der Waals surface area contributed by atoms with E-state index >= 15 is 0 Å². The summed E-state index contributed by atoms with van der Waals surface area (Å²) >= 11 is 8.50. The molecule has 0 spiro atoms. The first kappa shape index (κ1) is 8.86. The van der Waals surface area contributed by atoms with Gasteiger partial charge in [-0.1, -0.05) is 11.3 Å². The standard InChI is InChI=1S/C6H5ClN4S2/c7-5-10-11-6(13-5)8-1-4-2-12-3-9-4/h2-3H,1H2,(H,8,11). The van der Waals surface area contributed by atoms with Crippen molar-refractivity contribution >= 4 is 39.4 Å². The molecule has 1 N–H and O–H groups in total. The molecular weight excluding hydrogens is 228 g/mol. The molecule has 0 saturated heterocycles. The molecule has 0 saturated carbocycles. The minimum Gasteiger partial charge on any atom is -0.354 e. The van der Waals surface area contributed by atoms with Crippen molar-refractivity contribution in [1.82, 2.24) is 15.2 Å². The highest BCUT2D eigenvalue weighted by Gasteiger charge is 2.01. The second kappa shape index (κ2) is 3.99. The maximum atomic E-state index is 5.61. The van der Waals surface area contributed by atoms with E-state index in [9.17, 15) is 0 Å². The lowest BCUT2D eigenvalue weighted by Crippen LogP contribution is -1.98. The van der Waals surface area contributed by atoms with E-state index in [4.69, 9.17) is 11.6 Å². The number of nitrogens with zero attached hydrogens (tertiary/aromatic N) is 3. The second-order valence-corrected chi connectivity index (χ2v) is 4.47. The summed E-state index contributed by atoms with van der Waals surface area (Å²) in [5.41, 5.74) is 2.79. The maximum absolute atomic E-state index is 5.61. The van der Waals surface area contributed by atoms with Gasteiger partial charge in [-0.15, -0.1) is 21.5 Å². The monoisotopic (exact) mass is 232 g/mol. The van der Waals surface area contributed by atoms with E-state index in [-0.39, 0.29) is 0 Å². The minimum absolute atomic E-state index is 0.445. The van der Waals surface area contributed by atoms with Crippen LogP contribution in [0.5, 0.6) is 0 Å². The average Bonchev–Trinajstić information content (AvgIpc) is 2.71. The third kappa shape index (κ3) is 2.36. The summed E-state index contributed by atoms with van der Waals surface area (Å²) in [5, 5.41) is 13.3. The molecule has 4 nitrogen and oxygen atoms in total. The molecule has 7 heteroatoms. The number of hydrogen-bond acceptors (Lipinski definition) is 6. The first-order chi connectivity index (χ1) is 6.34. The Morgan fingerprint density at radius 3 is 3.00 bits per heavy atom. The van der Waals surface area contributed by atoms with Crippen molar-refractivity contribution < 1.29 is 0 Å².